The van der Waals surface area contributed by atoms with E-state index in [1.165, 1.54) is 0 Å². The summed E-state index contributed by atoms with van der Waals surface area (Å²) in [6, 6.07) is 13.9. The number of anilines is 1. The summed E-state index contributed by atoms with van der Waals surface area (Å²) in [5, 5.41) is 8.87. The molecular formula is C19H15Cl2N5O. The molecular weight excluding hydrogens is 385 g/mol. The molecule has 1 aliphatic rings. The number of primary amides is 1. The lowest BCUT2D eigenvalue weighted by Crippen LogP contribution is -2.32. The van der Waals surface area contributed by atoms with Crippen molar-refractivity contribution in [1.82, 2.24) is 14.8 Å². The van der Waals surface area contributed by atoms with Gasteiger partial charge >= 0.3 is 0 Å². The first-order valence-electron chi connectivity index (χ1n) is 8.20. The van der Waals surface area contributed by atoms with Gasteiger partial charge in [0.2, 0.25) is 11.9 Å². The molecule has 0 fully saturated rings. The van der Waals surface area contributed by atoms with Crippen LogP contribution in [0.25, 0.3) is 11.4 Å². The van der Waals surface area contributed by atoms with Crippen LogP contribution in [0.4, 0.5) is 5.95 Å². The molecule has 2 aromatic carbocycles. The molecule has 3 N–H and O–H groups in total. The first-order valence-corrected chi connectivity index (χ1v) is 8.96. The number of halogens is 2. The van der Waals surface area contributed by atoms with Crippen LogP contribution >= 0.6 is 23.2 Å². The normalized spacial score (nSPS) is 16.0. The van der Waals surface area contributed by atoms with Gasteiger partial charge in [-0.1, -0.05) is 41.4 Å². The maximum atomic E-state index is 12.2. The Bertz CT molecular complexity index is 1070. The Hall–Kier alpha value is -2.83. The summed E-state index contributed by atoms with van der Waals surface area (Å²) < 4.78 is 1.64. The van der Waals surface area contributed by atoms with E-state index in [0.29, 0.717) is 33.1 Å². The zero-order chi connectivity index (χ0) is 19.1. The maximum absolute atomic E-state index is 12.2. The van der Waals surface area contributed by atoms with Crippen LogP contribution < -0.4 is 11.1 Å². The van der Waals surface area contributed by atoms with Crippen LogP contribution in [0, 0.1) is 0 Å². The number of hydrogen-bond donors (Lipinski definition) is 2. The number of nitrogens with two attached hydrogens (primary N) is 1. The Balaban J connectivity index is 1.90. The number of amides is 1. The van der Waals surface area contributed by atoms with E-state index in [0.717, 1.165) is 11.1 Å². The molecule has 0 aliphatic carbocycles. The van der Waals surface area contributed by atoms with Crippen molar-refractivity contribution in [2.75, 3.05) is 5.32 Å². The van der Waals surface area contributed by atoms with Gasteiger partial charge in [0.1, 0.15) is 6.04 Å². The van der Waals surface area contributed by atoms with E-state index in [1.54, 1.807) is 29.8 Å². The van der Waals surface area contributed by atoms with Crippen LogP contribution in [0.2, 0.25) is 10.0 Å². The zero-order valence-electron chi connectivity index (χ0n) is 14.3. The molecule has 1 aliphatic heterocycles. The van der Waals surface area contributed by atoms with Crippen LogP contribution in [0.5, 0.6) is 0 Å². The van der Waals surface area contributed by atoms with Crippen LogP contribution in [0.3, 0.4) is 0 Å². The van der Waals surface area contributed by atoms with E-state index in [9.17, 15) is 4.79 Å². The van der Waals surface area contributed by atoms with Gasteiger partial charge in [-0.15, -0.1) is 5.10 Å². The third-order valence-corrected chi connectivity index (χ3v) is 5.02. The van der Waals surface area contributed by atoms with Crippen molar-refractivity contribution >= 4 is 35.1 Å². The van der Waals surface area contributed by atoms with Gasteiger partial charge < -0.3 is 11.1 Å². The number of carbonyl (C=O) groups excluding carboxylic acids is 1. The number of benzene rings is 2. The topological polar surface area (TPSA) is 85.8 Å². The fraction of sp³-hybridized carbons (Fsp3) is 0.105. The lowest BCUT2D eigenvalue weighted by Gasteiger charge is -2.28. The summed E-state index contributed by atoms with van der Waals surface area (Å²) in [7, 11) is 0. The second-order valence-electron chi connectivity index (χ2n) is 6.16. The van der Waals surface area contributed by atoms with Crippen molar-refractivity contribution in [3.05, 3.63) is 75.4 Å². The molecule has 0 saturated heterocycles. The molecule has 1 amide bonds. The first-order chi connectivity index (χ1) is 13.0. The van der Waals surface area contributed by atoms with Crippen molar-refractivity contribution in [2.24, 2.45) is 5.73 Å². The fourth-order valence-corrected chi connectivity index (χ4v) is 3.54. The van der Waals surface area contributed by atoms with E-state index in [2.05, 4.69) is 15.4 Å². The monoisotopic (exact) mass is 399 g/mol. The third-order valence-electron chi connectivity index (χ3n) is 4.42. The number of carbonyl (C=O) groups is 1. The molecule has 0 bridgehead atoms. The number of aromatic nitrogens is 3. The molecule has 2 heterocycles. The number of hydrogen-bond acceptors (Lipinski definition) is 4. The van der Waals surface area contributed by atoms with Crippen molar-refractivity contribution in [1.29, 1.82) is 0 Å². The highest BCUT2D eigenvalue weighted by Crippen LogP contribution is 2.38. The van der Waals surface area contributed by atoms with Crippen LogP contribution in [0.1, 0.15) is 18.5 Å². The van der Waals surface area contributed by atoms with Gasteiger partial charge in [0.15, 0.2) is 5.82 Å². The zero-order valence-corrected chi connectivity index (χ0v) is 15.8. The van der Waals surface area contributed by atoms with E-state index >= 15 is 0 Å². The molecule has 0 spiro atoms. The summed E-state index contributed by atoms with van der Waals surface area (Å²) in [5.41, 5.74) is 8.21. The standard InChI is InChI=1S/C19H15Cl2N5O/c1-10-15(17(22)27)16(13-4-2-3-5-14(13)21)26-19(23-10)24-18(25-26)11-6-8-12(20)9-7-11/h2-9,16H,1H3,(H2,22,27)(H,23,24,25)/t16-/m0/s1. The average molecular weight is 400 g/mol. The van der Waals surface area contributed by atoms with Gasteiger partial charge in [-0.2, -0.15) is 4.98 Å². The summed E-state index contributed by atoms with van der Waals surface area (Å²) in [6.07, 6.45) is 0. The molecule has 0 saturated carbocycles. The Morgan fingerprint density at radius 1 is 1.15 bits per heavy atom. The highest BCUT2D eigenvalue weighted by molar-refractivity contribution is 6.31. The second-order valence-corrected chi connectivity index (χ2v) is 7.01. The third kappa shape index (κ3) is 3.07. The molecule has 1 atom stereocenters. The van der Waals surface area contributed by atoms with Crippen molar-refractivity contribution in [2.45, 2.75) is 13.0 Å². The smallest absolute Gasteiger partial charge is 0.248 e. The number of fused-ring (bicyclic) bond motifs is 1. The number of rotatable bonds is 3. The fourth-order valence-electron chi connectivity index (χ4n) is 3.18. The second kappa shape index (κ2) is 6.72. The molecule has 0 radical (unpaired) electrons. The molecule has 6 nitrogen and oxygen atoms in total. The van der Waals surface area contributed by atoms with Gasteiger partial charge in [-0.3, -0.25) is 4.79 Å². The minimum Gasteiger partial charge on any atom is -0.366 e. The SMILES string of the molecule is CC1=C(C(N)=O)[C@H](c2ccccc2Cl)n2nc(-c3ccc(Cl)cc3)nc2N1. The largest absolute Gasteiger partial charge is 0.366 e. The Kier molecular flexibility index (Phi) is 4.37. The van der Waals surface area contributed by atoms with Gasteiger partial charge in [0.05, 0.1) is 5.57 Å². The summed E-state index contributed by atoms with van der Waals surface area (Å²) >= 11 is 12.4. The summed E-state index contributed by atoms with van der Waals surface area (Å²) in [6.45, 7) is 1.78. The molecule has 0 unspecified atom stereocenters. The molecule has 27 heavy (non-hydrogen) atoms. The first kappa shape index (κ1) is 17.6. The van der Waals surface area contributed by atoms with Crippen molar-refractivity contribution in [3.63, 3.8) is 0 Å². The Labute approximate surface area is 165 Å². The lowest BCUT2D eigenvalue weighted by atomic mass is 9.95. The summed E-state index contributed by atoms with van der Waals surface area (Å²) in [5.74, 6) is 0.469. The van der Waals surface area contributed by atoms with Crippen LogP contribution in [-0.4, -0.2) is 20.7 Å². The molecule has 136 valence electrons. The molecule has 1 aromatic heterocycles. The molecule has 3 aromatic rings. The van der Waals surface area contributed by atoms with E-state index in [-0.39, 0.29) is 0 Å². The molecule has 4 rings (SSSR count). The van der Waals surface area contributed by atoms with Gasteiger partial charge in [-0.25, -0.2) is 4.68 Å². The van der Waals surface area contributed by atoms with Crippen molar-refractivity contribution in [3.8, 4) is 11.4 Å². The minimum atomic E-state index is -0.569. The van der Waals surface area contributed by atoms with Gasteiger partial charge in [-0.05, 0) is 37.3 Å². The Morgan fingerprint density at radius 3 is 2.52 bits per heavy atom. The van der Waals surface area contributed by atoms with E-state index in [1.807, 2.05) is 30.3 Å². The van der Waals surface area contributed by atoms with Crippen LogP contribution in [0.15, 0.2) is 59.8 Å². The highest BCUT2D eigenvalue weighted by Gasteiger charge is 2.34. The van der Waals surface area contributed by atoms with Gasteiger partial charge in [0.25, 0.3) is 0 Å². The molecule has 8 heteroatoms. The predicted octanol–water partition coefficient (Wildman–Crippen LogP) is 4.03. The lowest BCUT2D eigenvalue weighted by molar-refractivity contribution is -0.115. The predicted molar refractivity (Wildman–Crippen MR) is 106 cm³/mol. The van der Waals surface area contributed by atoms with Crippen LogP contribution in [-0.2, 0) is 4.79 Å². The quantitative estimate of drug-likeness (QED) is 0.695. The van der Waals surface area contributed by atoms with Crippen molar-refractivity contribution < 1.29 is 4.79 Å². The highest BCUT2D eigenvalue weighted by atomic mass is 35.5. The maximum Gasteiger partial charge on any atom is 0.248 e. The van der Waals surface area contributed by atoms with E-state index in [4.69, 9.17) is 28.9 Å². The Morgan fingerprint density at radius 2 is 1.85 bits per heavy atom. The average Bonchev–Trinajstić information content (AvgIpc) is 3.05. The summed E-state index contributed by atoms with van der Waals surface area (Å²) in [4.78, 5) is 16.8. The number of nitrogens with one attached hydrogen (secondary N) is 1. The minimum absolute atomic E-state index is 0.392. The van der Waals surface area contributed by atoms with Gasteiger partial charge in [0, 0.05) is 26.9 Å². The van der Waals surface area contributed by atoms with E-state index < -0.39 is 11.9 Å². The number of allylic oxidation sites excluding steroid dienone is 1. The number of nitrogens with zero attached hydrogens (tertiary/aromatic N) is 3.